The zero-order chi connectivity index (χ0) is 19.9. The van der Waals surface area contributed by atoms with E-state index in [0.717, 1.165) is 37.9 Å². The first-order chi connectivity index (χ1) is 13.6. The number of aryl methyl sites for hydroxylation is 2. The van der Waals surface area contributed by atoms with Gasteiger partial charge in [0.15, 0.2) is 5.96 Å². The highest BCUT2D eigenvalue weighted by molar-refractivity contribution is 14.0. The van der Waals surface area contributed by atoms with Gasteiger partial charge in [0, 0.05) is 45.0 Å². The Bertz CT molecular complexity index is 824. The fourth-order valence-electron chi connectivity index (χ4n) is 3.73. The maximum Gasteiger partial charge on any atom is 0.191 e. The SMILES string of the molecule is CN=C(NCc1ccc(C)cc1C)NCC1CCN(c2cccc(OC)c2)C1.I. The molecule has 0 bridgehead atoms. The summed E-state index contributed by atoms with van der Waals surface area (Å²) in [7, 11) is 3.54. The summed E-state index contributed by atoms with van der Waals surface area (Å²) in [6.45, 7) is 8.12. The second-order valence-corrected chi connectivity index (χ2v) is 7.54. The minimum Gasteiger partial charge on any atom is -0.497 e. The van der Waals surface area contributed by atoms with Gasteiger partial charge in [0.25, 0.3) is 0 Å². The number of halogens is 1. The monoisotopic (exact) mass is 508 g/mol. The Kier molecular flexibility index (Phi) is 9.07. The molecule has 1 unspecified atom stereocenters. The van der Waals surface area contributed by atoms with E-state index >= 15 is 0 Å². The smallest absolute Gasteiger partial charge is 0.191 e. The van der Waals surface area contributed by atoms with Crippen LogP contribution >= 0.6 is 24.0 Å². The summed E-state index contributed by atoms with van der Waals surface area (Å²) in [6, 6.07) is 14.9. The molecule has 0 amide bonds. The molecule has 1 heterocycles. The van der Waals surface area contributed by atoms with Crippen molar-refractivity contribution in [3.05, 3.63) is 59.2 Å². The van der Waals surface area contributed by atoms with Crippen molar-refractivity contribution >= 4 is 35.6 Å². The van der Waals surface area contributed by atoms with Gasteiger partial charge in [0.2, 0.25) is 0 Å². The van der Waals surface area contributed by atoms with Crippen LogP contribution in [0.15, 0.2) is 47.5 Å². The normalized spacial score (nSPS) is 16.3. The summed E-state index contributed by atoms with van der Waals surface area (Å²) < 4.78 is 5.35. The van der Waals surface area contributed by atoms with Crippen molar-refractivity contribution in [2.75, 3.05) is 38.7 Å². The van der Waals surface area contributed by atoms with E-state index in [0.29, 0.717) is 5.92 Å². The second kappa shape index (κ2) is 11.3. The topological polar surface area (TPSA) is 48.9 Å². The molecule has 0 aromatic heterocycles. The maximum absolute atomic E-state index is 5.35. The van der Waals surface area contributed by atoms with E-state index in [1.165, 1.54) is 28.8 Å². The van der Waals surface area contributed by atoms with E-state index in [2.05, 4.69) is 70.8 Å². The number of nitrogens with one attached hydrogen (secondary N) is 2. The third-order valence-electron chi connectivity index (χ3n) is 5.43. The van der Waals surface area contributed by atoms with Crippen LogP contribution in [0.5, 0.6) is 5.75 Å². The van der Waals surface area contributed by atoms with Crippen molar-refractivity contribution < 1.29 is 4.74 Å². The van der Waals surface area contributed by atoms with Crippen LogP contribution in [0.2, 0.25) is 0 Å². The molecular weight excluding hydrogens is 475 g/mol. The third-order valence-corrected chi connectivity index (χ3v) is 5.43. The number of anilines is 1. The van der Waals surface area contributed by atoms with E-state index in [-0.39, 0.29) is 24.0 Å². The van der Waals surface area contributed by atoms with Crippen molar-refractivity contribution in [2.45, 2.75) is 26.8 Å². The molecule has 2 N–H and O–H groups in total. The lowest BCUT2D eigenvalue weighted by molar-refractivity contribution is 0.415. The number of methoxy groups -OCH3 is 1. The number of rotatable bonds is 6. The molecule has 5 nitrogen and oxygen atoms in total. The lowest BCUT2D eigenvalue weighted by Crippen LogP contribution is -2.40. The zero-order valence-electron chi connectivity index (χ0n) is 17.9. The van der Waals surface area contributed by atoms with Gasteiger partial charge >= 0.3 is 0 Å². The number of hydrogen-bond acceptors (Lipinski definition) is 3. The molecule has 0 spiro atoms. The summed E-state index contributed by atoms with van der Waals surface area (Å²) in [5, 5.41) is 6.93. The van der Waals surface area contributed by atoms with Crippen molar-refractivity contribution in [1.82, 2.24) is 10.6 Å². The Morgan fingerprint density at radius 1 is 1.17 bits per heavy atom. The number of guanidine groups is 1. The maximum atomic E-state index is 5.35. The lowest BCUT2D eigenvalue weighted by atomic mass is 10.1. The van der Waals surface area contributed by atoms with Gasteiger partial charge in [-0.25, -0.2) is 0 Å². The molecule has 1 atom stereocenters. The minimum atomic E-state index is 0. The van der Waals surface area contributed by atoms with E-state index in [1.807, 2.05) is 13.1 Å². The molecule has 2 aromatic rings. The molecule has 29 heavy (non-hydrogen) atoms. The van der Waals surface area contributed by atoms with E-state index in [9.17, 15) is 0 Å². The van der Waals surface area contributed by atoms with Crippen LogP contribution in [-0.2, 0) is 6.54 Å². The fraction of sp³-hybridized carbons (Fsp3) is 0.435. The highest BCUT2D eigenvalue weighted by atomic mass is 127. The number of benzene rings is 2. The first-order valence-electron chi connectivity index (χ1n) is 9.98. The molecule has 0 aliphatic carbocycles. The number of ether oxygens (including phenoxy) is 1. The zero-order valence-corrected chi connectivity index (χ0v) is 20.2. The van der Waals surface area contributed by atoms with Gasteiger partial charge in [0.1, 0.15) is 5.75 Å². The van der Waals surface area contributed by atoms with Gasteiger partial charge in [0.05, 0.1) is 7.11 Å². The van der Waals surface area contributed by atoms with Gasteiger partial charge in [-0.3, -0.25) is 4.99 Å². The predicted octanol–water partition coefficient (Wildman–Crippen LogP) is 4.12. The number of aliphatic imine (C=N–C) groups is 1. The van der Waals surface area contributed by atoms with Gasteiger partial charge in [-0.05, 0) is 49.4 Å². The molecule has 1 fully saturated rings. The van der Waals surface area contributed by atoms with Crippen LogP contribution in [0.3, 0.4) is 0 Å². The molecule has 3 rings (SSSR count). The Hall–Kier alpha value is -1.96. The number of nitrogens with zero attached hydrogens (tertiary/aromatic N) is 2. The van der Waals surface area contributed by atoms with Crippen molar-refractivity contribution in [3.8, 4) is 5.75 Å². The van der Waals surface area contributed by atoms with E-state index < -0.39 is 0 Å². The summed E-state index contributed by atoms with van der Waals surface area (Å²) in [6.07, 6.45) is 1.18. The average molecular weight is 508 g/mol. The van der Waals surface area contributed by atoms with Crippen LogP contribution < -0.4 is 20.3 Å². The summed E-state index contributed by atoms with van der Waals surface area (Å²) in [4.78, 5) is 6.81. The summed E-state index contributed by atoms with van der Waals surface area (Å²) in [5.41, 5.74) is 5.15. The fourth-order valence-corrected chi connectivity index (χ4v) is 3.73. The van der Waals surface area contributed by atoms with Crippen LogP contribution in [0, 0.1) is 19.8 Å². The Morgan fingerprint density at radius 2 is 2.00 bits per heavy atom. The molecule has 0 radical (unpaired) electrons. The third kappa shape index (κ3) is 6.52. The predicted molar refractivity (Wildman–Crippen MR) is 133 cm³/mol. The molecule has 1 saturated heterocycles. The highest BCUT2D eigenvalue weighted by Gasteiger charge is 2.23. The van der Waals surface area contributed by atoms with Crippen LogP contribution in [-0.4, -0.2) is 39.8 Å². The molecule has 158 valence electrons. The van der Waals surface area contributed by atoms with Crippen LogP contribution in [0.4, 0.5) is 5.69 Å². The molecule has 2 aromatic carbocycles. The quantitative estimate of drug-likeness (QED) is 0.350. The molecular formula is C23H33IN4O. The van der Waals surface area contributed by atoms with Gasteiger partial charge in [-0.1, -0.05) is 29.8 Å². The van der Waals surface area contributed by atoms with Gasteiger partial charge < -0.3 is 20.3 Å². The standard InChI is InChI=1S/C23H32N4O.HI/c1-17-8-9-20(18(2)12-17)15-26-23(24-3)25-14-19-10-11-27(16-19)21-6-5-7-22(13-21)28-4;/h5-9,12-13,19H,10-11,14-16H2,1-4H3,(H2,24,25,26);1H. The largest absolute Gasteiger partial charge is 0.497 e. The lowest BCUT2D eigenvalue weighted by Gasteiger charge is -2.20. The molecule has 6 heteroatoms. The van der Waals surface area contributed by atoms with Crippen molar-refractivity contribution in [1.29, 1.82) is 0 Å². The minimum absolute atomic E-state index is 0. The van der Waals surface area contributed by atoms with Crippen LogP contribution in [0.1, 0.15) is 23.1 Å². The first-order valence-corrected chi connectivity index (χ1v) is 9.98. The second-order valence-electron chi connectivity index (χ2n) is 7.54. The van der Waals surface area contributed by atoms with Crippen molar-refractivity contribution in [3.63, 3.8) is 0 Å². The molecule has 0 saturated carbocycles. The molecule has 1 aliphatic heterocycles. The number of hydrogen-bond donors (Lipinski definition) is 2. The summed E-state index contributed by atoms with van der Waals surface area (Å²) >= 11 is 0. The average Bonchev–Trinajstić information content (AvgIpc) is 3.18. The van der Waals surface area contributed by atoms with E-state index in [4.69, 9.17) is 4.74 Å². The highest BCUT2D eigenvalue weighted by Crippen LogP contribution is 2.26. The summed E-state index contributed by atoms with van der Waals surface area (Å²) in [5.74, 6) is 2.38. The van der Waals surface area contributed by atoms with Crippen molar-refractivity contribution in [2.24, 2.45) is 10.9 Å². The Balaban J connectivity index is 0.00000300. The van der Waals surface area contributed by atoms with Gasteiger partial charge in [-0.15, -0.1) is 24.0 Å². The van der Waals surface area contributed by atoms with E-state index in [1.54, 1.807) is 7.11 Å². The molecule has 1 aliphatic rings. The first kappa shape index (κ1) is 23.3. The Morgan fingerprint density at radius 3 is 2.72 bits per heavy atom. The van der Waals surface area contributed by atoms with Crippen LogP contribution in [0.25, 0.3) is 0 Å². The van der Waals surface area contributed by atoms with Gasteiger partial charge in [-0.2, -0.15) is 0 Å². The Labute approximate surface area is 192 Å².